The zero-order valence-electron chi connectivity index (χ0n) is 9.53. The van der Waals surface area contributed by atoms with Crippen LogP contribution in [-0.2, 0) is 11.2 Å². The standard InChI is InChI=1S/C12H17BrN2O2/c13-10-3-1-9(2-4-10)5-6-15-8-11(14)7-12(16)17/h1-4,11,15H,5-8,14H2,(H,16,17). The van der Waals surface area contributed by atoms with Crippen molar-refractivity contribution in [2.75, 3.05) is 13.1 Å². The number of nitrogens with two attached hydrogens (primary N) is 1. The third-order valence-corrected chi connectivity index (χ3v) is 2.88. The molecule has 0 bridgehead atoms. The van der Waals surface area contributed by atoms with E-state index in [1.165, 1.54) is 5.56 Å². The average molecular weight is 301 g/mol. The van der Waals surface area contributed by atoms with Crippen LogP contribution in [0.25, 0.3) is 0 Å². The molecule has 1 atom stereocenters. The monoisotopic (exact) mass is 300 g/mol. The topological polar surface area (TPSA) is 75.3 Å². The van der Waals surface area contributed by atoms with Crippen LogP contribution in [-0.4, -0.2) is 30.2 Å². The number of rotatable bonds is 7. The van der Waals surface area contributed by atoms with Crippen LogP contribution >= 0.6 is 15.9 Å². The molecule has 1 rings (SSSR count). The predicted molar refractivity (Wildman–Crippen MR) is 70.9 cm³/mol. The van der Waals surface area contributed by atoms with Crippen LogP contribution in [0.2, 0.25) is 0 Å². The summed E-state index contributed by atoms with van der Waals surface area (Å²) in [6.45, 7) is 1.33. The maximum absolute atomic E-state index is 10.4. The van der Waals surface area contributed by atoms with Crippen molar-refractivity contribution < 1.29 is 9.90 Å². The first-order valence-electron chi connectivity index (χ1n) is 5.50. The lowest BCUT2D eigenvalue weighted by Gasteiger charge is -2.10. The summed E-state index contributed by atoms with van der Waals surface area (Å²) in [6.07, 6.45) is 0.915. The van der Waals surface area contributed by atoms with Gasteiger partial charge in [0.1, 0.15) is 0 Å². The first-order valence-corrected chi connectivity index (χ1v) is 6.30. The smallest absolute Gasteiger partial charge is 0.304 e. The summed E-state index contributed by atoms with van der Waals surface area (Å²) in [5.74, 6) is -0.854. The Bertz CT molecular complexity index is 354. The Morgan fingerprint density at radius 2 is 2.06 bits per heavy atom. The molecule has 0 aromatic heterocycles. The molecule has 1 aromatic rings. The second-order valence-corrected chi connectivity index (χ2v) is 4.85. The number of aliphatic carboxylic acids is 1. The summed E-state index contributed by atoms with van der Waals surface area (Å²) in [6, 6.07) is 7.81. The van der Waals surface area contributed by atoms with E-state index in [1.54, 1.807) is 0 Å². The van der Waals surface area contributed by atoms with Crippen LogP contribution in [0.1, 0.15) is 12.0 Å². The predicted octanol–water partition coefficient (Wildman–Crippen LogP) is 1.38. The average Bonchev–Trinajstić information content (AvgIpc) is 2.26. The highest BCUT2D eigenvalue weighted by atomic mass is 79.9. The lowest BCUT2D eigenvalue weighted by molar-refractivity contribution is -0.137. The fourth-order valence-corrected chi connectivity index (χ4v) is 1.73. The summed E-state index contributed by atoms with van der Waals surface area (Å²) >= 11 is 3.38. The molecule has 0 heterocycles. The van der Waals surface area contributed by atoms with Crippen LogP contribution < -0.4 is 11.1 Å². The molecule has 17 heavy (non-hydrogen) atoms. The summed E-state index contributed by atoms with van der Waals surface area (Å²) < 4.78 is 1.07. The number of carboxylic acids is 1. The van der Waals surface area contributed by atoms with Crippen molar-refractivity contribution in [1.29, 1.82) is 0 Å². The summed E-state index contributed by atoms with van der Waals surface area (Å²) in [7, 11) is 0. The Morgan fingerprint density at radius 1 is 1.41 bits per heavy atom. The molecule has 4 nitrogen and oxygen atoms in total. The molecule has 0 saturated carbocycles. The minimum absolute atomic E-state index is 0.00524. The first kappa shape index (κ1) is 14.2. The minimum atomic E-state index is -0.854. The van der Waals surface area contributed by atoms with Gasteiger partial charge in [-0.2, -0.15) is 0 Å². The van der Waals surface area contributed by atoms with Crippen LogP contribution in [0.3, 0.4) is 0 Å². The lowest BCUT2D eigenvalue weighted by atomic mass is 10.1. The number of halogens is 1. The van der Waals surface area contributed by atoms with E-state index in [9.17, 15) is 4.79 Å². The largest absolute Gasteiger partial charge is 0.481 e. The zero-order chi connectivity index (χ0) is 12.7. The van der Waals surface area contributed by atoms with E-state index in [0.717, 1.165) is 17.4 Å². The molecule has 0 fully saturated rings. The molecular weight excluding hydrogens is 284 g/mol. The van der Waals surface area contributed by atoms with Gasteiger partial charge < -0.3 is 16.2 Å². The van der Waals surface area contributed by atoms with Crippen LogP contribution in [0.15, 0.2) is 28.7 Å². The van der Waals surface area contributed by atoms with Gasteiger partial charge in [-0.25, -0.2) is 0 Å². The molecule has 0 aliphatic carbocycles. The van der Waals surface area contributed by atoms with Crippen molar-refractivity contribution in [1.82, 2.24) is 5.32 Å². The molecule has 0 radical (unpaired) electrons. The van der Waals surface area contributed by atoms with Gasteiger partial charge in [-0.15, -0.1) is 0 Å². The van der Waals surface area contributed by atoms with Gasteiger partial charge in [0.05, 0.1) is 6.42 Å². The molecule has 0 aliphatic heterocycles. The summed E-state index contributed by atoms with van der Waals surface area (Å²) in [5.41, 5.74) is 6.87. The maximum Gasteiger partial charge on any atom is 0.304 e. The zero-order valence-corrected chi connectivity index (χ0v) is 11.1. The van der Waals surface area contributed by atoms with E-state index in [4.69, 9.17) is 10.8 Å². The fraction of sp³-hybridized carbons (Fsp3) is 0.417. The number of carbonyl (C=O) groups is 1. The second-order valence-electron chi connectivity index (χ2n) is 3.94. The molecule has 5 heteroatoms. The maximum atomic E-state index is 10.4. The Labute approximate surface area is 109 Å². The first-order chi connectivity index (χ1) is 8.08. The van der Waals surface area contributed by atoms with E-state index < -0.39 is 5.97 Å². The Morgan fingerprint density at radius 3 is 2.65 bits per heavy atom. The van der Waals surface area contributed by atoms with Crippen LogP contribution in [0, 0.1) is 0 Å². The summed E-state index contributed by atoms with van der Waals surface area (Å²) in [4.78, 5) is 10.4. The van der Waals surface area contributed by atoms with E-state index in [2.05, 4.69) is 33.4 Å². The molecule has 4 N–H and O–H groups in total. The normalized spacial score (nSPS) is 12.4. The highest BCUT2D eigenvalue weighted by Gasteiger charge is 2.06. The van der Waals surface area contributed by atoms with E-state index in [0.29, 0.717) is 6.54 Å². The van der Waals surface area contributed by atoms with Crippen LogP contribution in [0.5, 0.6) is 0 Å². The number of carboxylic acid groups (broad SMARTS) is 1. The Balaban J connectivity index is 2.15. The molecule has 0 aliphatic rings. The highest BCUT2D eigenvalue weighted by molar-refractivity contribution is 9.10. The van der Waals surface area contributed by atoms with Gasteiger partial charge >= 0.3 is 5.97 Å². The molecule has 94 valence electrons. The quantitative estimate of drug-likeness (QED) is 0.665. The number of hydrogen-bond donors (Lipinski definition) is 3. The van der Waals surface area contributed by atoms with Gasteiger partial charge in [0.15, 0.2) is 0 Å². The summed E-state index contributed by atoms with van der Waals surface area (Å²) in [5, 5.41) is 11.7. The van der Waals surface area contributed by atoms with Crippen molar-refractivity contribution in [2.45, 2.75) is 18.9 Å². The minimum Gasteiger partial charge on any atom is -0.481 e. The van der Waals surface area contributed by atoms with Gasteiger partial charge in [-0.05, 0) is 30.7 Å². The number of nitrogens with one attached hydrogen (secondary N) is 1. The van der Waals surface area contributed by atoms with Gasteiger partial charge in [0.25, 0.3) is 0 Å². The fourth-order valence-electron chi connectivity index (χ4n) is 1.47. The molecule has 1 aromatic carbocycles. The Hall–Kier alpha value is -0.910. The number of benzene rings is 1. The highest BCUT2D eigenvalue weighted by Crippen LogP contribution is 2.10. The molecule has 1 unspecified atom stereocenters. The SMILES string of the molecule is NC(CNCCc1ccc(Br)cc1)CC(=O)O. The molecule has 0 spiro atoms. The van der Waals surface area contributed by atoms with Crippen molar-refractivity contribution in [2.24, 2.45) is 5.73 Å². The van der Waals surface area contributed by atoms with Gasteiger partial charge in [0.2, 0.25) is 0 Å². The number of hydrogen-bond acceptors (Lipinski definition) is 3. The second kappa shape index (κ2) is 7.42. The van der Waals surface area contributed by atoms with Crippen molar-refractivity contribution in [3.8, 4) is 0 Å². The van der Waals surface area contributed by atoms with E-state index in [1.807, 2.05) is 12.1 Å². The van der Waals surface area contributed by atoms with E-state index in [-0.39, 0.29) is 12.5 Å². The molecule has 0 saturated heterocycles. The lowest BCUT2D eigenvalue weighted by Crippen LogP contribution is -2.36. The molecular formula is C12H17BrN2O2. The van der Waals surface area contributed by atoms with Crippen molar-refractivity contribution >= 4 is 21.9 Å². The van der Waals surface area contributed by atoms with Gasteiger partial charge in [-0.3, -0.25) is 4.79 Å². The third-order valence-electron chi connectivity index (χ3n) is 2.35. The Kier molecular flexibility index (Phi) is 6.18. The third kappa shape index (κ3) is 6.41. The van der Waals surface area contributed by atoms with Crippen molar-refractivity contribution in [3.05, 3.63) is 34.3 Å². The van der Waals surface area contributed by atoms with E-state index >= 15 is 0 Å². The van der Waals surface area contributed by atoms with Crippen LogP contribution in [0.4, 0.5) is 0 Å². The van der Waals surface area contributed by atoms with Gasteiger partial charge in [0, 0.05) is 17.1 Å². The van der Waals surface area contributed by atoms with Crippen molar-refractivity contribution in [3.63, 3.8) is 0 Å². The van der Waals surface area contributed by atoms with Gasteiger partial charge in [-0.1, -0.05) is 28.1 Å². The molecule has 0 amide bonds.